The molecule has 0 aliphatic rings. The largest absolute Gasteiger partial charge is 0.462 e. The van der Waals surface area contributed by atoms with E-state index in [0.717, 1.165) is 11.1 Å². The van der Waals surface area contributed by atoms with Crippen LogP contribution in [0.25, 0.3) is 11.0 Å². The standard InChI is InChI=1S/C19H14N2O2/c22-19-16-11-12-23-17(16)13-20-21(19)18(14-7-3-1-4-8-14)15-9-5-2-6-10-15/h1-13,18H. The molecule has 0 N–H and O–H groups in total. The van der Waals surface area contributed by atoms with Crippen LogP contribution in [0.3, 0.4) is 0 Å². The van der Waals surface area contributed by atoms with Crippen LogP contribution in [0.15, 0.2) is 88.4 Å². The Kier molecular flexibility index (Phi) is 3.27. The molecule has 4 rings (SSSR count). The second kappa shape index (κ2) is 5.57. The summed E-state index contributed by atoms with van der Waals surface area (Å²) in [5.74, 6) is 0. The first kappa shape index (κ1) is 13.5. The molecule has 0 amide bonds. The minimum absolute atomic E-state index is 0.158. The summed E-state index contributed by atoms with van der Waals surface area (Å²) in [6.45, 7) is 0. The lowest BCUT2D eigenvalue weighted by atomic mass is 9.99. The van der Waals surface area contributed by atoms with Crippen molar-refractivity contribution in [1.29, 1.82) is 0 Å². The first-order chi connectivity index (χ1) is 11.3. The number of hydrogen-bond acceptors (Lipinski definition) is 3. The summed E-state index contributed by atoms with van der Waals surface area (Å²) in [6, 6.07) is 21.2. The molecule has 4 heteroatoms. The van der Waals surface area contributed by atoms with Gasteiger partial charge in [0.1, 0.15) is 6.04 Å². The highest BCUT2D eigenvalue weighted by Gasteiger charge is 2.20. The minimum Gasteiger partial charge on any atom is -0.462 e. The number of aromatic nitrogens is 2. The third-order valence-corrected chi connectivity index (χ3v) is 3.91. The Balaban J connectivity index is 1.98. The minimum atomic E-state index is -0.274. The highest BCUT2D eigenvalue weighted by atomic mass is 16.3. The smallest absolute Gasteiger partial charge is 0.278 e. The van der Waals surface area contributed by atoms with Crippen molar-refractivity contribution in [3.8, 4) is 0 Å². The predicted octanol–water partition coefficient (Wildman–Crippen LogP) is 3.63. The van der Waals surface area contributed by atoms with Gasteiger partial charge in [0.25, 0.3) is 5.56 Å². The lowest BCUT2D eigenvalue weighted by molar-refractivity contribution is 0.555. The number of furan rings is 1. The topological polar surface area (TPSA) is 48.0 Å². The Labute approximate surface area is 132 Å². The predicted molar refractivity (Wildman–Crippen MR) is 88.4 cm³/mol. The van der Waals surface area contributed by atoms with Gasteiger partial charge in [-0.1, -0.05) is 60.7 Å². The molecule has 0 saturated carbocycles. The van der Waals surface area contributed by atoms with E-state index in [4.69, 9.17) is 4.42 Å². The zero-order valence-corrected chi connectivity index (χ0v) is 12.3. The average molecular weight is 302 g/mol. The second-order valence-electron chi connectivity index (χ2n) is 5.32. The average Bonchev–Trinajstić information content (AvgIpc) is 3.09. The number of fused-ring (bicyclic) bond motifs is 1. The summed E-state index contributed by atoms with van der Waals surface area (Å²) in [4.78, 5) is 12.8. The van der Waals surface area contributed by atoms with Gasteiger partial charge in [-0.25, -0.2) is 4.68 Å². The van der Waals surface area contributed by atoms with E-state index < -0.39 is 0 Å². The fourth-order valence-corrected chi connectivity index (χ4v) is 2.82. The highest BCUT2D eigenvalue weighted by molar-refractivity contribution is 5.74. The van der Waals surface area contributed by atoms with E-state index in [1.54, 1.807) is 12.3 Å². The van der Waals surface area contributed by atoms with Crippen LogP contribution >= 0.6 is 0 Å². The molecule has 0 aliphatic heterocycles. The summed E-state index contributed by atoms with van der Waals surface area (Å²) in [6.07, 6.45) is 3.10. The van der Waals surface area contributed by atoms with Gasteiger partial charge in [0.15, 0.2) is 5.58 Å². The van der Waals surface area contributed by atoms with Gasteiger partial charge in [0, 0.05) is 0 Å². The third kappa shape index (κ3) is 2.34. The zero-order chi connectivity index (χ0) is 15.6. The van der Waals surface area contributed by atoms with Gasteiger partial charge >= 0.3 is 0 Å². The van der Waals surface area contributed by atoms with Crippen LogP contribution in [-0.4, -0.2) is 9.78 Å². The molecule has 2 aromatic heterocycles. The van der Waals surface area contributed by atoms with E-state index >= 15 is 0 Å². The maximum absolute atomic E-state index is 12.8. The van der Waals surface area contributed by atoms with Gasteiger partial charge in [-0.05, 0) is 17.2 Å². The van der Waals surface area contributed by atoms with Crippen molar-refractivity contribution < 1.29 is 4.42 Å². The van der Waals surface area contributed by atoms with Crippen LogP contribution in [0, 0.1) is 0 Å². The Bertz CT molecular complexity index is 949. The fourth-order valence-electron chi connectivity index (χ4n) is 2.82. The van der Waals surface area contributed by atoms with Crippen molar-refractivity contribution in [2.75, 3.05) is 0 Å². The lowest BCUT2D eigenvalue weighted by Crippen LogP contribution is -2.28. The van der Waals surface area contributed by atoms with Crippen LogP contribution in [0.1, 0.15) is 17.2 Å². The summed E-state index contributed by atoms with van der Waals surface area (Å²) in [7, 11) is 0. The third-order valence-electron chi connectivity index (χ3n) is 3.91. The molecule has 23 heavy (non-hydrogen) atoms. The van der Waals surface area contributed by atoms with Crippen molar-refractivity contribution in [2.24, 2.45) is 0 Å². The van der Waals surface area contributed by atoms with E-state index in [0.29, 0.717) is 11.0 Å². The molecule has 0 atom stereocenters. The number of rotatable bonds is 3. The lowest BCUT2D eigenvalue weighted by Gasteiger charge is -2.19. The molecular formula is C19H14N2O2. The first-order valence-corrected chi connectivity index (χ1v) is 7.39. The monoisotopic (exact) mass is 302 g/mol. The summed E-state index contributed by atoms with van der Waals surface area (Å²) in [5.41, 5.74) is 2.37. The Morgan fingerprint density at radius 2 is 1.48 bits per heavy atom. The van der Waals surface area contributed by atoms with E-state index in [-0.39, 0.29) is 11.6 Å². The van der Waals surface area contributed by atoms with E-state index in [9.17, 15) is 4.79 Å². The Morgan fingerprint density at radius 1 is 0.870 bits per heavy atom. The van der Waals surface area contributed by atoms with Gasteiger partial charge in [-0.15, -0.1) is 0 Å². The summed E-state index contributed by atoms with van der Waals surface area (Å²) >= 11 is 0. The maximum atomic E-state index is 12.8. The highest BCUT2D eigenvalue weighted by Crippen LogP contribution is 2.25. The van der Waals surface area contributed by atoms with Crippen LogP contribution in [0.4, 0.5) is 0 Å². The number of benzene rings is 2. The maximum Gasteiger partial charge on any atom is 0.278 e. The van der Waals surface area contributed by atoms with Crippen molar-refractivity contribution in [3.63, 3.8) is 0 Å². The van der Waals surface area contributed by atoms with Crippen LogP contribution < -0.4 is 5.56 Å². The van der Waals surface area contributed by atoms with Crippen LogP contribution in [0.2, 0.25) is 0 Å². The molecule has 0 radical (unpaired) electrons. The SMILES string of the molecule is O=c1c2ccoc2cnn1C(c1ccccc1)c1ccccc1. The van der Waals surface area contributed by atoms with E-state index in [2.05, 4.69) is 5.10 Å². The van der Waals surface area contributed by atoms with Crippen LogP contribution in [-0.2, 0) is 0 Å². The summed E-state index contributed by atoms with van der Waals surface area (Å²) in [5, 5.41) is 4.88. The quantitative estimate of drug-likeness (QED) is 0.580. The molecule has 0 bridgehead atoms. The second-order valence-corrected chi connectivity index (χ2v) is 5.32. The molecule has 0 spiro atoms. The molecule has 0 fully saturated rings. The molecule has 2 aromatic carbocycles. The van der Waals surface area contributed by atoms with Crippen molar-refractivity contribution in [1.82, 2.24) is 9.78 Å². The van der Waals surface area contributed by atoms with Gasteiger partial charge in [-0.3, -0.25) is 4.79 Å². The Morgan fingerprint density at radius 3 is 2.09 bits per heavy atom. The normalized spacial score (nSPS) is 11.2. The van der Waals surface area contributed by atoms with E-state index in [1.165, 1.54) is 10.9 Å². The molecule has 2 heterocycles. The molecule has 0 aliphatic carbocycles. The molecule has 4 nitrogen and oxygen atoms in total. The number of hydrogen-bond donors (Lipinski definition) is 0. The first-order valence-electron chi connectivity index (χ1n) is 7.39. The fraction of sp³-hybridized carbons (Fsp3) is 0.0526. The van der Waals surface area contributed by atoms with Gasteiger partial charge < -0.3 is 4.42 Å². The van der Waals surface area contributed by atoms with Crippen molar-refractivity contribution in [3.05, 3.63) is 101 Å². The van der Waals surface area contributed by atoms with Gasteiger partial charge in [0.05, 0.1) is 17.8 Å². The number of nitrogens with zero attached hydrogens (tertiary/aromatic N) is 2. The van der Waals surface area contributed by atoms with Gasteiger partial charge in [-0.2, -0.15) is 5.10 Å². The van der Waals surface area contributed by atoms with E-state index in [1.807, 2.05) is 60.7 Å². The molecule has 0 unspecified atom stereocenters. The molecule has 4 aromatic rings. The van der Waals surface area contributed by atoms with Crippen LogP contribution in [0.5, 0.6) is 0 Å². The molecule has 112 valence electrons. The molecule has 0 saturated heterocycles. The molecular weight excluding hydrogens is 288 g/mol. The summed E-state index contributed by atoms with van der Waals surface area (Å²) < 4.78 is 6.79. The van der Waals surface area contributed by atoms with Crippen molar-refractivity contribution >= 4 is 11.0 Å². The Hall–Kier alpha value is -3.14. The van der Waals surface area contributed by atoms with Gasteiger partial charge in [0.2, 0.25) is 0 Å². The van der Waals surface area contributed by atoms with Crippen molar-refractivity contribution in [2.45, 2.75) is 6.04 Å². The zero-order valence-electron chi connectivity index (χ0n) is 12.3.